The van der Waals surface area contributed by atoms with Crippen molar-refractivity contribution in [3.63, 3.8) is 0 Å². The highest BCUT2D eigenvalue weighted by Crippen LogP contribution is 2.43. The molecular weight excluding hydrogens is 959 g/mol. The first-order valence-electron chi connectivity index (χ1n) is 25.1. The quantitative estimate of drug-likeness (QED) is 0.0568. The normalized spacial score (nSPS) is 16.7. The molecule has 0 aromatic heterocycles. The molecule has 380 valence electrons. The number of benzene rings is 5. The van der Waals surface area contributed by atoms with Crippen LogP contribution in [0.15, 0.2) is 96.0 Å². The van der Waals surface area contributed by atoms with Gasteiger partial charge in [-0.05, 0) is 135 Å². The fraction of sp³-hybridized carbons (Fsp3) is 0.379. The number of aliphatic imine (C=N–C) groups is 1. The molecule has 4 amide bonds. The summed E-state index contributed by atoms with van der Waals surface area (Å²) in [7, 11) is 6.64. The number of Topliss-reactive ketones (excluding diaryl/α,β-unsaturated/α-hetero) is 1. The molecule has 0 unspecified atom stereocenters. The van der Waals surface area contributed by atoms with Crippen molar-refractivity contribution in [3.05, 3.63) is 136 Å². The molecule has 0 saturated heterocycles. The number of anilines is 3. The number of ketones is 1. The van der Waals surface area contributed by atoms with E-state index in [-0.39, 0.29) is 65.9 Å². The van der Waals surface area contributed by atoms with Crippen molar-refractivity contribution >= 4 is 80.0 Å². The number of hydrogen-bond donors (Lipinski definition) is 2. The number of carbonyl (C=O) groups is 5. The molecular formula is C58H63N5O8S2. The number of para-hydroxylation sites is 2. The molecule has 0 aliphatic carbocycles. The van der Waals surface area contributed by atoms with Gasteiger partial charge in [-0.1, -0.05) is 64.9 Å². The monoisotopic (exact) mass is 1020 g/mol. The lowest BCUT2D eigenvalue weighted by Crippen LogP contribution is -2.37. The van der Waals surface area contributed by atoms with E-state index in [1.807, 2.05) is 95.7 Å². The number of hydrogen-bond acceptors (Lipinski definition) is 11. The van der Waals surface area contributed by atoms with Gasteiger partial charge in [0.15, 0.2) is 11.5 Å². The third kappa shape index (κ3) is 11.6. The van der Waals surface area contributed by atoms with Gasteiger partial charge in [-0.15, -0.1) is 0 Å². The molecule has 3 atom stereocenters. The van der Waals surface area contributed by atoms with E-state index < -0.39 is 5.92 Å². The minimum atomic E-state index is -0.590. The van der Waals surface area contributed by atoms with Crippen LogP contribution in [0.2, 0.25) is 0 Å². The van der Waals surface area contributed by atoms with Crippen LogP contribution >= 0.6 is 21.6 Å². The lowest BCUT2D eigenvalue weighted by Gasteiger charge is -2.23. The van der Waals surface area contributed by atoms with E-state index in [2.05, 4.69) is 36.6 Å². The smallest absolute Gasteiger partial charge is 0.261 e. The number of fused-ring (bicyclic) bond motifs is 8. The molecule has 5 aromatic carbocycles. The van der Waals surface area contributed by atoms with Gasteiger partial charge in [0, 0.05) is 90.1 Å². The zero-order valence-electron chi connectivity index (χ0n) is 42.4. The molecule has 4 aliphatic rings. The van der Waals surface area contributed by atoms with Gasteiger partial charge >= 0.3 is 0 Å². The Labute approximate surface area is 435 Å². The Bertz CT molecular complexity index is 2990. The highest BCUT2D eigenvalue weighted by atomic mass is 33.1. The van der Waals surface area contributed by atoms with E-state index in [4.69, 9.17) is 19.2 Å². The highest BCUT2D eigenvalue weighted by Gasteiger charge is 2.39. The topological polar surface area (TPSA) is 156 Å². The van der Waals surface area contributed by atoms with Crippen molar-refractivity contribution in [2.45, 2.75) is 116 Å². The first-order chi connectivity index (χ1) is 35.2. The van der Waals surface area contributed by atoms with E-state index in [9.17, 15) is 24.0 Å². The Hall–Kier alpha value is -6.58. The molecule has 9 rings (SSSR count). The van der Waals surface area contributed by atoms with Gasteiger partial charge < -0.3 is 29.7 Å². The minimum absolute atomic E-state index is 0.0196. The largest absolute Gasteiger partial charge is 0.493 e. The van der Waals surface area contributed by atoms with Crippen LogP contribution in [-0.4, -0.2) is 72.4 Å². The second-order valence-corrected chi connectivity index (χ2v) is 23.2. The number of nitrogens with zero attached hydrogens (tertiary/aromatic N) is 3. The summed E-state index contributed by atoms with van der Waals surface area (Å²) in [5, 5.41) is 5.72. The summed E-state index contributed by atoms with van der Waals surface area (Å²) in [6.07, 6.45) is 7.27. The van der Waals surface area contributed by atoms with Crippen LogP contribution in [-0.2, 0) is 46.9 Å². The maximum Gasteiger partial charge on any atom is 0.261 e. The van der Waals surface area contributed by atoms with Gasteiger partial charge in [-0.2, -0.15) is 0 Å². The average Bonchev–Trinajstić information content (AvgIpc) is 3.87. The molecule has 73 heavy (non-hydrogen) atoms. The number of rotatable bonds is 20. The van der Waals surface area contributed by atoms with E-state index >= 15 is 0 Å². The van der Waals surface area contributed by atoms with Crippen LogP contribution in [0.4, 0.5) is 22.7 Å². The number of carbonyl (C=O) groups excluding carboxylic acids is 5. The Kier molecular flexibility index (Phi) is 15.7. The third-order valence-electron chi connectivity index (χ3n) is 14.1. The summed E-state index contributed by atoms with van der Waals surface area (Å²) in [6, 6.07) is 29.0. The van der Waals surface area contributed by atoms with E-state index in [1.54, 1.807) is 48.7 Å². The third-order valence-corrected chi connectivity index (χ3v) is 17.5. The van der Waals surface area contributed by atoms with Gasteiger partial charge in [0.2, 0.25) is 11.8 Å². The second kappa shape index (κ2) is 22.3. The number of ether oxygens (including phenoxy) is 3. The van der Waals surface area contributed by atoms with E-state index in [1.165, 1.54) is 5.56 Å². The Morgan fingerprint density at radius 3 is 2.22 bits per heavy atom. The number of nitrogens with one attached hydrogen (secondary N) is 2. The fourth-order valence-corrected chi connectivity index (χ4v) is 12.8. The van der Waals surface area contributed by atoms with Crippen LogP contribution in [0.5, 0.6) is 17.2 Å². The van der Waals surface area contributed by atoms with E-state index in [0.29, 0.717) is 71.9 Å². The summed E-state index contributed by atoms with van der Waals surface area (Å²) in [5.41, 5.74) is 9.49. The van der Waals surface area contributed by atoms with Crippen molar-refractivity contribution in [2.24, 2.45) is 10.9 Å². The molecule has 0 spiro atoms. The molecule has 0 bridgehead atoms. The summed E-state index contributed by atoms with van der Waals surface area (Å²) < 4.78 is 18.7. The van der Waals surface area contributed by atoms with Crippen LogP contribution in [0, 0.1) is 12.8 Å². The van der Waals surface area contributed by atoms with Gasteiger partial charge in [-0.25, -0.2) is 0 Å². The summed E-state index contributed by atoms with van der Waals surface area (Å²) in [6.45, 7) is 8.12. The van der Waals surface area contributed by atoms with Crippen molar-refractivity contribution in [2.75, 3.05) is 35.0 Å². The van der Waals surface area contributed by atoms with Crippen LogP contribution < -0.4 is 34.6 Å². The summed E-state index contributed by atoms with van der Waals surface area (Å²) in [5.74, 6) is 1.37. The lowest BCUT2D eigenvalue weighted by molar-refractivity contribution is -0.125. The SMILES string of the molecule is CNC(=O)CCCSSC(C)(C)CCC(=O)C[C@@H](C)C(=O)Nc1cc(COc2cc3c(cc2C)C(=O)N2c4ccccc4C[C@H]2C=N3)cc(COc2cc3c(cc2OC)C(=O)N2c4ccccc4C[C@H]2CC3)c1. The first kappa shape index (κ1) is 51.3. The summed E-state index contributed by atoms with van der Waals surface area (Å²) >= 11 is 0. The highest BCUT2D eigenvalue weighted by molar-refractivity contribution is 8.77. The van der Waals surface area contributed by atoms with Gasteiger partial charge in [0.25, 0.3) is 11.8 Å². The van der Waals surface area contributed by atoms with Crippen LogP contribution in [0.25, 0.3) is 0 Å². The Morgan fingerprint density at radius 1 is 0.808 bits per heavy atom. The maximum absolute atomic E-state index is 14.2. The van der Waals surface area contributed by atoms with Crippen LogP contribution in [0.3, 0.4) is 0 Å². The van der Waals surface area contributed by atoms with Crippen molar-refractivity contribution in [1.82, 2.24) is 5.32 Å². The standard InChI is InChI=1S/C58H63N5O8S2/c1-35-23-47-48(60-32-44-28-41-13-8-10-15-50(41)63(44)57(47)68)31-51(35)70-33-37-24-38(26-42(25-37)61-55(66)36(2)22-45(64)19-20-58(3,4)73-72-21-11-16-54(65)59-5)34-71-53-29-39-17-18-43-27-40-12-7-9-14-49(40)62(43)56(67)46(39)30-52(53)69-6/h7-10,12-15,23-26,29-32,36,43-44H,11,16-22,27-28,33-34H2,1-6H3,(H,59,65)(H,61,66)/t36-,43-,44+/m1/s1. The molecule has 2 N–H and O–H groups in total. The van der Waals surface area contributed by atoms with Crippen molar-refractivity contribution < 1.29 is 38.2 Å². The molecule has 4 heterocycles. The zero-order chi connectivity index (χ0) is 51.4. The van der Waals surface area contributed by atoms with Gasteiger partial charge in [0.05, 0.1) is 24.4 Å². The molecule has 0 fully saturated rings. The predicted molar refractivity (Wildman–Crippen MR) is 291 cm³/mol. The number of aryl methyl sites for hydroxylation is 2. The molecule has 0 saturated carbocycles. The Morgan fingerprint density at radius 2 is 1.49 bits per heavy atom. The molecule has 15 heteroatoms. The lowest BCUT2D eigenvalue weighted by atomic mass is 9.97. The average molecular weight is 1020 g/mol. The number of amides is 4. The molecule has 5 aromatic rings. The first-order valence-corrected chi connectivity index (χ1v) is 27.5. The van der Waals surface area contributed by atoms with Gasteiger partial charge in [-0.3, -0.25) is 33.9 Å². The second-order valence-electron chi connectivity index (χ2n) is 20.0. The number of methoxy groups -OCH3 is 1. The maximum atomic E-state index is 14.2. The van der Waals surface area contributed by atoms with Crippen molar-refractivity contribution in [1.29, 1.82) is 0 Å². The van der Waals surface area contributed by atoms with Crippen molar-refractivity contribution in [3.8, 4) is 17.2 Å². The minimum Gasteiger partial charge on any atom is -0.493 e. The molecule has 13 nitrogen and oxygen atoms in total. The molecule has 4 aliphatic heterocycles. The summed E-state index contributed by atoms with van der Waals surface area (Å²) in [4.78, 5) is 75.4. The van der Waals surface area contributed by atoms with Gasteiger partial charge in [0.1, 0.15) is 24.7 Å². The molecule has 0 radical (unpaired) electrons. The van der Waals surface area contributed by atoms with Crippen LogP contribution in [0.1, 0.15) is 113 Å². The predicted octanol–water partition coefficient (Wildman–Crippen LogP) is 11.0. The fourth-order valence-electron chi connectivity index (χ4n) is 10.1. The zero-order valence-corrected chi connectivity index (χ0v) is 44.0. The van der Waals surface area contributed by atoms with E-state index in [0.717, 1.165) is 64.2 Å². The Balaban J connectivity index is 0.907.